The fraction of sp³-hybridized carbons (Fsp3) is 0.278. The molecule has 132 valence electrons. The van der Waals surface area contributed by atoms with Gasteiger partial charge in [0.15, 0.2) is 0 Å². The molecule has 1 unspecified atom stereocenters. The number of benzene rings is 2. The van der Waals surface area contributed by atoms with Gasteiger partial charge in [-0.05, 0) is 48.7 Å². The fourth-order valence-electron chi connectivity index (χ4n) is 2.92. The highest BCUT2D eigenvalue weighted by molar-refractivity contribution is 5.89. The van der Waals surface area contributed by atoms with Crippen LogP contribution in [0.2, 0.25) is 0 Å². The standard InChI is InChI=1S/C18H15F3O4/c1-24-17(23)11-3-6-15-10(8-11)2-7-16(25-15)13-5-4-12(22)9-14(13)18(19,20)21/h3-6,8-9,16,22H,2,7H2,1H3. The summed E-state index contributed by atoms with van der Waals surface area (Å²) in [7, 11) is 1.28. The third-order valence-corrected chi connectivity index (χ3v) is 4.12. The molecule has 7 heteroatoms. The van der Waals surface area contributed by atoms with Crippen LogP contribution in [0.5, 0.6) is 11.5 Å². The maximum atomic E-state index is 13.2. The van der Waals surface area contributed by atoms with Crippen molar-refractivity contribution in [1.29, 1.82) is 0 Å². The Morgan fingerprint density at radius 2 is 2.00 bits per heavy atom. The summed E-state index contributed by atoms with van der Waals surface area (Å²) in [5, 5.41) is 9.38. The number of phenolic OH excluding ortho intramolecular Hbond substituents is 1. The number of fused-ring (bicyclic) bond motifs is 1. The smallest absolute Gasteiger partial charge is 0.416 e. The molecule has 25 heavy (non-hydrogen) atoms. The Labute approximate surface area is 141 Å². The topological polar surface area (TPSA) is 55.8 Å². The first-order chi connectivity index (χ1) is 11.8. The first-order valence-electron chi connectivity index (χ1n) is 7.57. The lowest BCUT2D eigenvalue weighted by molar-refractivity contribution is -0.139. The van der Waals surface area contributed by atoms with Crippen molar-refractivity contribution in [3.05, 3.63) is 58.7 Å². The number of carbonyl (C=O) groups is 1. The van der Waals surface area contributed by atoms with E-state index in [1.54, 1.807) is 12.1 Å². The number of alkyl halides is 3. The summed E-state index contributed by atoms with van der Waals surface area (Å²) in [6.07, 6.45) is -4.59. The lowest BCUT2D eigenvalue weighted by atomic mass is 9.93. The Morgan fingerprint density at radius 1 is 1.24 bits per heavy atom. The zero-order chi connectivity index (χ0) is 18.2. The van der Waals surface area contributed by atoms with Gasteiger partial charge < -0.3 is 14.6 Å². The van der Waals surface area contributed by atoms with E-state index in [0.717, 1.165) is 5.56 Å². The van der Waals surface area contributed by atoms with Crippen LogP contribution in [0.1, 0.15) is 39.6 Å². The minimum Gasteiger partial charge on any atom is -0.508 e. The van der Waals surface area contributed by atoms with Crippen molar-refractivity contribution in [2.24, 2.45) is 0 Å². The van der Waals surface area contributed by atoms with Gasteiger partial charge >= 0.3 is 12.1 Å². The molecule has 0 spiro atoms. The molecule has 0 amide bonds. The van der Waals surface area contributed by atoms with E-state index in [4.69, 9.17) is 4.74 Å². The van der Waals surface area contributed by atoms with E-state index in [9.17, 15) is 23.1 Å². The van der Waals surface area contributed by atoms with Crippen LogP contribution in [-0.2, 0) is 17.3 Å². The molecule has 0 aliphatic carbocycles. The zero-order valence-electron chi connectivity index (χ0n) is 13.3. The summed E-state index contributed by atoms with van der Waals surface area (Å²) in [4.78, 5) is 11.6. The highest BCUT2D eigenvalue weighted by Crippen LogP contribution is 2.42. The number of ether oxygens (including phenoxy) is 2. The number of halogens is 3. The SMILES string of the molecule is COC(=O)c1ccc2c(c1)CCC(c1ccc(O)cc1C(F)(F)F)O2. The molecule has 1 heterocycles. The highest BCUT2D eigenvalue weighted by atomic mass is 19.4. The molecule has 2 aromatic rings. The van der Waals surface area contributed by atoms with Crippen LogP contribution in [0, 0.1) is 0 Å². The number of hydrogen-bond donors (Lipinski definition) is 1. The molecular weight excluding hydrogens is 337 g/mol. The molecule has 0 fully saturated rings. The summed E-state index contributed by atoms with van der Waals surface area (Å²) < 4.78 is 50.1. The van der Waals surface area contributed by atoms with E-state index in [1.165, 1.54) is 25.3 Å². The Hall–Kier alpha value is -2.70. The number of aryl methyl sites for hydroxylation is 1. The number of hydrogen-bond acceptors (Lipinski definition) is 4. The highest BCUT2D eigenvalue weighted by Gasteiger charge is 2.37. The maximum Gasteiger partial charge on any atom is 0.416 e. The van der Waals surface area contributed by atoms with Gasteiger partial charge in [-0.2, -0.15) is 13.2 Å². The molecule has 0 aromatic heterocycles. The number of rotatable bonds is 2. The lowest BCUT2D eigenvalue weighted by Gasteiger charge is -2.28. The molecule has 2 aromatic carbocycles. The second kappa shape index (κ2) is 6.31. The quantitative estimate of drug-likeness (QED) is 0.821. The van der Waals surface area contributed by atoms with Crippen molar-refractivity contribution < 1.29 is 32.5 Å². The average Bonchev–Trinajstić information content (AvgIpc) is 2.59. The largest absolute Gasteiger partial charge is 0.508 e. The van der Waals surface area contributed by atoms with Gasteiger partial charge in [0, 0.05) is 5.56 Å². The van der Waals surface area contributed by atoms with Crippen LogP contribution in [-0.4, -0.2) is 18.2 Å². The van der Waals surface area contributed by atoms with Crippen LogP contribution in [0.25, 0.3) is 0 Å². The summed E-state index contributed by atoms with van der Waals surface area (Å²) in [5.41, 5.74) is 0.176. The fourth-order valence-corrected chi connectivity index (χ4v) is 2.92. The Bertz CT molecular complexity index is 814. The van der Waals surface area contributed by atoms with Crippen molar-refractivity contribution in [2.45, 2.75) is 25.1 Å². The average molecular weight is 352 g/mol. The number of esters is 1. The van der Waals surface area contributed by atoms with Gasteiger partial charge in [-0.3, -0.25) is 0 Å². The van der Waals surface area contributed by atoms with E-state index in [2.05, 4.69) is 4.74 Å². The van der Waals surface area contributed by atoms with Crippen molar-refractivity contribution in [1.82, 2.24) is 0 Å². The Balaban J connectivity index is 1.93. The number of aromatic hydroxyl groups is 1. The maximum absolute atomic E-state index is 13.2. The van der Waals surface area contributed by atoms with Crippen LogP contribution in [0.3, 0.4) is 0 Å². The van der Waals surface area contributed by atoms with Crippen LogP contribution < -0.4 is 4.74 Å². The second-order valence-corrected chi connectivity index (χ2v) is 5.73. The molecule has 0 bridgehead atoms. The number of carbonyl (C=O) groups excluding carboxylic acids is 1. The van der Waals surface area contributed by atoms with Crippen molar-refractivity contribution in [3.8, 4) is 11.5 Å². The van der Waals surface area contributed by atoms with Crippen LogP contribution in [0.4, 0.5) is 13.2 Å². The second-order valence-electron chi connectivity index (χ2n) is 5.73. The molecule has 1 atom stereocenters. The molecular formula is C18H15F3O4. The van der Waals surface area contributed by atoms with Crippen molar-refractivity contribution in [3.63, 3.8) is 0 Å². The van der Waals surface area contributed by atoms with Gasteiger partial charge in [0.25, 0.3) is 0 Å². The Kier molecular flexibility index (Phi) is 4.32. The van der Waals surface area contributed by atoms with E-state index >= 15 is 0 Å². The molecule has 1 aliphatic heterocycles. The van der Waals surface area contributed by atoms with Gasteiger partial charge in [0.05, 0.1) is 18.2 Å². The predicted octanol–water partition coefficient (Wildman–Crippen LogP) is 4.26. The normalized spacial score (nSPS) is 16.7. The molecule has 0 saturated heterocycles. The molecule has 1 aliphatic rings. The third-order valence-electron chi connectivity index (χ3n) is 4.12. The first kappa shape index (κ1) is 17.1. The third kappa shape index (κ3) is 3.40. The summed E-state index contributed by atoms with van der Waals surface area (Å²) >= 11 is 0. The van der Waals surface area contributed by atoms with E-state index in [1.807, 2.05) is 0 Å². The summed E-state index contributed by atoms with van der Waals surface area (Å²) in [5.74, 6) is -0.497. The molecule has 0 saturated carbocycles. The monoisotopic (exact) mass is 352 g/mol. The van der Waals surface area contributed by atoms with Crippen LogP contribution in [0.15, 0.2) is 36.4 Å². The number of phenols is 1. The Morgan fingerprint density at radius 3 is 2.68 bits per heavy atom. The first-order valence-corrected chi connectivity index (χ1v) is 7.57. The van der Waals surface area contributed by atoms with Crippen molar-refractivity contribution in [2.75, 3.05) is 7.11 Å². The zero-order valence-corrected chi connectivity index (χ0v) is 13.3. The molecule has 4 nitrogen and oxygen atoms in total. The molecule has 0 radical (unpaired) electrons. The van der Waals surface area contributed by atoms with Crippen molar-refractivity contribution >= 4 is 5.97 Å². The molecule has 1 N–H and O–H groups in total. The minimum atomic E-state index is -4.59. The van der Waals surface area contributed by atoms with Crippen LogP contribution >= 0.6 is 0 Å². The minimum absolute atomic E-state index is 0.0204. The summed E-state index contributed by atoms with van der Waals surface area (Å²) in [6.45, 7) is 0. The van der Waals surface area contributed by atoms with Gasteiger partial charge in [-0.25, -0.2) is 4.79 Å². The van der Waals surface area contributed by atoms with Gasteiger partial charge in [-0.1, -0.05) is 6.07 Å². The van der Waals surface area contributed by atoms with Gasteiger partial charge in [0.1, 0.15) is 17.6 Å². The summed E-state index contributed by atoms with van der Waals surface area (Å²) in [6, 6.07) is 7.84. The molecule has 3 rings (SSSR count). The van der Waals surface area contributed by atoms with E-state index in [-0.39, 0.29) is 5.56 Å². The van der Waals surface area contributed by atoms with E-state index < -0.39 is 29.6 Å². The number of methoxy groups -OCH3 is 1. The van der Waals surface area contributed by atoms with Gasteiger partial charge in [0.2, 0.25) is 0 Å². The van der Waals surface area contributed by atoms with E-state index in [0.29, 0.717) is 30.2 Å². The predicted molar refractivity (Wildman–Crippen MR) is 82.6 cm³/mol. The lowest BCUT2D eigenvalue weighted by Crippen LogP contribution is -2.20. The van der Waals surface area contributed by atoms with Gasteiger partial charge in [-0.15, -0.1) is 0 Å².